The highest BCUT2D eigenvalue weighted by molar-refractivity contribution is 6.04. The SMILES string of the molecule is Cc1c(N2c3ccccc3Oc3ccccc32)c(-c2ccc(C(F)(F)F)cc2)cc(-c2ccc(C(F)(F)F)cc2)c1N1c2ccccc2Oc2ccccc21. The number of halogens is 6. The van der Waals surface area contributed by atoms with E-state index >= 15 is 0 Å². The number of anilines is 6. The Balaban J connectivity index is 1.42. The molecular weight excluding hydrogens is 714 g/mol. The van der Waals surface area contributed by atoms with Gasteiger partial charge in [-0.3, -0.25) is 0 Å². The van der Waals surface area contributed by atoms with Gasteiger partial charge in [0.1, 0.15) is 0 Å². The van der Waals surface area contributed by atoms with Crippen LogP contribution in [0.15, 0.2) is 152 Å². The Bertz CT molecular complexity index is 2330. The molecule has 0 fully saturated rings. The van der Waals surface area contributed by atoms with Crippen LogP contribution in [0, 0.1) is 6.92 Å². The predicted octanol–water partition coefficient (Wildman–Crippen LogP) is 14.5. The molecule has 10 heteroatoms. The molecule has 55 heavy (non-hydrogen) atoms. The second-order valence-corrected chi connectivity index (χ2v) is 13.2. The number of hydrogen-bond donors (Lipinski definition) is 0. The fraction of sp³-hybridized carbons (Fsp3) is 0.0667. The Morgan fingerprint density at radius 3 is 0.982 bits per heavy atom. The summed E-state index contributed by atoms with van der Waals surface area (Å²) in [4.78, 5) is 4.07. The van der Waals surface area contributed by atoms with Crippen LogP contribution in [0.4, 0.5) is 60.5 Å². The Kier molecular flexibility index (Phi) is 7.89. The zero-order valence-corrected chi connectivity index (χ0v) is 28.9. The third-order valence-electron chi connectivity index (χ3n) is 9.87. The van der Waals surface area contributed by atoms with E-state index in [1.807, 2.05) is 120 Å². The van der Waals surface area contributed by atoms with Crippen molar-refractivity contribution in [1.29, 1.82) is 0 Å². The molecule has 0 radical (unpaired) electrons. The lowest BCUT2D eigenvalue weighted by Gasteiger charge is -2.39. The first kappa shape index (κ1) is 34.1. The van der Waals surface area contributed by atoms with Crippen molar-refractivity contribution in [3.05, 3.63) is 168 Å². The maximum atomic E-state index is 13.9. The van der Waals surface area contributed by atoms with Crippen molar-refractivity contribution < 1.29 is 35.8 Å². The van der Waals surface area contributed by atoms with Crippen LogP contribution in [-0.4, -0.2) is 0 Å². The average molecular weight is 743 g/mol. The Labute approximate surface area is 312 Å². The van der Waals surface area contributed by atoms with Crippen LogP contribution in [0.5, 0.6) is 23.0 Å². The molecule has 0 amide bonds. The highest BCUT2D eigenvalue weighted by Gasteiger charge is 2.36. The van der Waals surface area contributed by atoms with E-state index in [1.54, 1.807) is 0 Å². The minimum absolute atomic E-state index is 0.468. The summed E-state index contributed by atoms with van der Waals surface area (Å²) in [5.74, 6) is 2.26. The quantitative estimate of drug-likeness (QED) is 0.168. The monoisotopic (exact) mass is 742 g/mol. The number of fused-ring (bicyclic) bond motifs is 4. The summed E-state index contributed by atoms with van der Waals surface area (Å²) in [5, 5.41) is 0. The molecule has 4 nitrogen and oxygen atoms in total. The lowest BCUT2D eigenvalue weighted by molar-refractivity contribution is -0.138. The Morgan fingerprint density at radius 1 is 0.400 bits per heavy atom. The number of nitrogens with zero attached hydrogens (tertiary/aromatic N) is 2. The fourth-order valence-electron chi connectivity index (χ4n) is 7.38. The van der Waals surface area contributed by atoms with E-state index < -0.39 is 23.5 Å². The number of rotatable bonds is 4. The van der Waals surface area contributed by atoms with E-state index in [9.17, 15) is 26.3 Å². The highest BCUT2D eigenvalue weighted by Crippen LogP contribution is 2.59. The fourth-order valence-corrected chi connectivity index (χ4v) is 7.38. The van der Waals surface area contributed by atoms with Gasteiger partial charge in [-0.1, -0.05) is 72.8 Å². The van der Waals surface area contributed by atoms with Crippen molar-refractivity contribution in [1.82, 2.24) is 0 Å². The van der Waals surface area contributed by atoms with Crippen LogP contribution in [0.25, 0.3) is 22.3 Å². The third kappa shape index (κ3) is 5.81. The van der Waals surface area contributed by atoms with Crippen molar-refractivity contribution >= 4 is 34.1 Å². The maximum absolute atomic E-state index is 13.9. The molecule has 0 N–H and O–H groups in total. The summed E-state index contributed by atoms with van der Waals surface area (Å²) >= 11 is 0. The minimum Gasteiger partial charge on any atom is -0.453 e. The molecule has 0 aromatic heterocycles. The van der Waals surface area contributed by atoms with E-state index in [2.05, 4.69) is 0 Å². The molecule has 0 saturated carbocycles. The van der Waals surface area contributed by atoms with Crippen LogP contribution in [0.2, 0.25) is 0 Å². The van der Waals surface area contributed by atoms with Crippen molar-refractivity contribution in [2.24, 2.45) is 0 Å². The second-order valence-electron chi connectivity index (χ2n) is 13.2. The maximum Gasteiger partial charge on any atom is 0.416 e. The topological polar surface area (TPSA) is 24.9 Å². The lowest BCUT2D eigenvalue weighted by Crippen LogP contribution is -2.21. The summed E-state index contributed by atoms with van der Waals surface area (Å²) in [5.41, 5.74) is 5.12. The van der Waals surface area contributed by atoms with Crippen LogP contribution < -0.4 is 19.3 Å². The molecule has 0 aliphatic carbocycles. The van der Waals surface area contributed by atoms with Gasteiger partial charge in [0.2, 0.25) is 0 Å². The summed E-state index contributed by atoms with van der Waals surface area (Å²) in [7, 11) is 0. The summed E-state index contributed by atoms with van der Waals surface area (Å²) in [6.07, 6.45) is -9.13. The van der Waals surface area contributed by atoms with Gasteiger partial charge in [0.05, 0.1) is 45.3 Å². The normalized spacial score (nSPS) is 13.2. The molecule has 0 atom stereocenters. The van der Waals surface area contributed by atoms with Gasteiger partial charge in [-0.05, 0) is 102 Å². The van der Waals surface area contributed by atoms with Crippen LogP contribution >= 0.6 is 0 Å². The van der Waals surface area contributed by atoms with Gasteiger partial charge in [0.25, 0.3) is 0 Å². The second kappa shape index (κ2) is 12.7. The van der Waals surface area contributed by atoms with E-state index in [4.69, 9.17) is 9.47 Å². The highest BCUT2D eigenvalue weighted by atomic mass is 19.4. The molecule has 2 aliphatic heterocycles. The molecule has 272 valence electrons. The zero-order chi connectivity index (χ0) is 38.1. The first-order valence-corrected chi connectivity index (χ1v) is 17.3. The molecule has 2 heterocycles. The number of benzene rings is 7. The first-order valence-electron chi connectivity index (χ1n) is 17.3. The van der Waals surface area contributed by atoms with Crippen LogP contribution in [0.1, 0.15) is 16.7 Å². The summed E-state index contributed by atoms with van der Waals surface area (Å²) in [6, 6.07) is 41.6. The van der Waals surface area contributed by atoms with Crippen molar-refractivity contribution in [3.8, 4) is 45.3 Å². The molecule has 0 bridgehead atoms. The van der Waals surface area contributed by atoms with Gasteiger partial charge in [0.15, 0.2) is 23.0 Å². The van der Waals surface area contributed by atoms with E-state index in [1.165, 1.54) is 24.3 Å². The Hall–Kier alpha value is -6.68. The standard InChI is InChI=1S/C45H28F6N2O2/c1-27-42(52-34-10-2-6-14-38(34)54-39-15-7-3-11-35(39)52)32(28-18-22-30(23-19-28)44(46,47)48)26-33(29-20-24-31(25-21-29)45(49,50)51)43(27)53-36-12-4-8-16-40(36)55-41-17-9-5-13-37(41)53/h2-26H,1H3. The molecule has 0 spiro atoms. The van der Waals surface area contributed by atoms with E-state index in [-0.39, 0.29) is 0 Å². The van der Waals surface area contributed by atoms with Crippen LogP contribution in [0.3, 0.4) is 0 Å². The number of alkyl halides is 6. The van der Waals surface area contributed by atoms with Crippen molar-refractivity contribution in [3.63, 3.8) is 0 Å². The molecule has 9 rings (SSSR count). The molecule has 7 aromatic rings. The summed E-state index contributed by atoms with van der Waals surface area (Å²) < 4.78 is 95.9. The molecular formula is C45H28F6N2O2. The van der Waals surface area contributed by atoms with Gasteiger partial charge in [0, 0.05) is 11.1 Å². The van der Waals surface area contributed by atoms with Gasteiger partial charge >= 0.3 is 12.4 Å². The Morgan fingerprint density at radius 2 is 0.691 bits per heavy atom. The molecule has 0 unspecified atom stereocenters. The predicted molar refractivity (Wildman–Crippen MR) is 202 cm³/mol. The van der Waals surface area contributed by atoms with Gasteiger partial charge < -0.3 is 19.3 Å². The largest absolute Gasteiger partial charge is 0.453 e. The average Bonchev–Trinajstić information content (AvgIpc) is 3.18. The van der Waals surface area contributed by atoms with E-state index in [0.29, 0.717) is 84.9 Å². The third-order valence-corrected chi connectivity index (χ3v) is 9.87. The van der Waals surface area contributed by atoms with Gasteiger partial charge in [-0.2, -0.15) is 26.3 Å². The zero-order valence-electron chi connectivity index (χ0n) is 28.9. The van der Waals surface area contributed by atoms with Gasteiger partial charge in [-0.15, -0.1) is 0 Å². The molecule has 0 saturated heterocycles. The number of ether oxygens (including phenoxy) is 2. The first-order chi connectivity index (χ1) is 26.5. The van der Waals surface area contributed by atoms with Gasteiger partial charge in [-0.25, -0.2) is 0 Å². The summed E-state index contributed by atoms with van der Waals surface area (Å²) in [6.45, 7) is 1.92. The smallest absolute Gasteiger partial charge is 0.416 e. The molecule has 2 aliphatic rings. The molecule has 7 aromatic carbocycles. The van der Waals surface area contributed by atoms with Crippen molar-refractivity contribution in [2.45, 2.75) is 19.3 Å². The number of hydrogen-bond acceptors (Lipinski definition) is 4. The lowest BCUT2D eigenvalue weighted by atomic mass is 9.89. The van der Waals surface area contributed by atoms with Crippen LogP contribution in [-0.2, 0) is 12.4 Å². The minimum atomic E-state index is -4.56. The number of para-hydroxylation sites is 8. The van der Waals surface area contributed by atoms with E-state index in [0.717, 1.165) is 24.3 Å². The van der Waals surface area contributed by atoms with Crippen molar-refractivity contribution in [2.75, 3.05) is 9.80 Å².